The molecule has 0 bridgehead atoms. The summed E-state index contributed by atoms with van der Waals surface area (Å²) in [5.74, 6) is -0.526. The average Bonchev–Trinajstić information content (AvgIpc) is 2.98. The second kappa shape index (κ2) is 8.70. The maximum atomic E-state index is 13.2. The predicted octanol–water partition coefficient (Wildman–Crippen LogP) is 4.11. The van der Waals surface area contributed by atoms with Gasteiger partial charge in [-0.05, 0) is 44.5 Å². The lowest BCUT2D eigenvalue weighted by molar-refractivity contribution is -0.129. The SMILES string of the molecule is C=CCCOC(C)C(=O)N(Cc1csc(C)n1)c1ccc(F)cc1. The fourth-order valence-corrected chi connectivity index (χ4v) is 2.78. The van der Waals surface area contributed by atoms with E-state index in [2.05, 4.69) is 11.6 Å². The number of ether oxygens (including phenoxy) is 1. The molecule has 0 aliphatic carbocycles. The van der Waals surface area contributed by atoms with Crippen LogP contribution >= 0.6 is 11.3 Å². The Kier molecular flexibility index (Phi) is 6.63. The molecule has 0 aliphatic heterocycles. The average molecular weight is 348 g/mol. The highest BCUT2D eigenvalue weighted by Gasteiger charge is 2.23. The molecule has 6 heteroatoms. The molecule has 1 unspecified atom stereocenters. The lowest BCUT2D eigenvalue weighted by Gasteiger charge is -2.25. The van der Waals surface area contributed by atoms with Crippen molar-refractivity contribution < 1.29 is 13.9 Å². The highest BCUT2D eigenvalue weighted by atomic mass is 32.1. The molecule has 128 valence electrons. The molecule has 0 saturated carbocycles. The minimum atomic E-state index is -0.602. The first kappa shape index (κ1) is 18.3. The number of aryl methyl sites for hydroxylation is 1. The van der Waals surface area contributed by atoms with Crippen LogP contribution in [0.15, 0.2) is 42.3 Å². The summed E-state index contributed by atoms with van der Waals surface area (Å²) < 4.78 is 18.8. The van der Waals surface area contributed by atoms with Crippen molar-refractivity contribution in [3.8, 4) is 0 Å². The molecule has 0 saturated heterocycles. The van der Waals surface area contributed by atoms with Crippen molar-refractivity contribution in [1.82, 2.24) is 4.98 Å². The van der Waals surface area contributed by atoms with E-state index in [1.807, 2.05) is 12.3 Å². The lowest BCUT2D eigenvalue weighted by atomic mass is 10.2. The molecule has 2 aromatic rings. The fourth-order valence-electron chi connectivity index (χ4n) is 2.18. The van der Waals surface area contributed by atoms with Gasteiger partial charge in [0.15, 0.2) is 0 Å². The summed E-state index contributed by atoms with van der Waals surface area (Å²) in [7, 11) is 0. The molecule has 4 nitrogen and oxygen atoms in total. The van der Waals surface area contributed by atoms with Crippen molar-refractivity contribution in [3.63, 3.8) is 0 Å². The molecule has 0 spiro atoms. The maximum absolute atomic E-state index is 13.2. The van der Waals surface area contributed by atoms with Crippen LogP contribution in [-0.2, 0) is 16.1 Å². The van der Waals surface area contributed by atoms with Gasteiger partial charge in [0.25, 0.3) is 5.91 Å². The van der Waals surface area contributed by atoms with Gasteiger partial charge in [-0.25, -0.2) is 9.37 Å². The van der Waals surface area contributed by atoms with Crippen LogP contribution in [0.4, 0.5) is 10.1 Å². The molecule has 1 atom stereocenters. The number of halogens is 1. The van der Waals surface area contributed by atoms with Crippen molar-refractivity contribution in [2.75, 3.05) is 11.5 Å². The number of carbonyl (C=O) groups excluding carboxylic acids is 1. The molecule has 0 fully saturated rings. The van der Waals surface area contributed by atoms with E-state index in [4.69, 9.17) is 4.74 Å². The van der Waals surface area contributed by atoms with E-state index in [-0.39, 0.29) is 11.7 Å². The second-order valence-electron chi connectivity index (χ2n) is 5.35. The fraction of sp³-hybridized carbons (Fsp3) is 0.333. The molecule has 2 rings (SSSR count). The van der Waals surface area contributed by atoms with Gasteiger partial charge < -0.3 is 9.64 Å². The summed E-state index contributed by atoms with van der Waals surface area (Å²) in [4.78, 5) is 18.8. The normalized spacial score (nSPS) is 12.0. The number of hydrogen-bond acceptors (Lipinski definition) is 4. The molecular weight excluding hydrogens is 327 g/mol. The van der Waals surface area contributed by atoms with Crippen LogP contribution in [0.2, 0.25) is 0 Å². The van der Waals surface area contributed by atoms with E-state index in [0.29, 0.717) is 25.3 Å². The van der Waals surface area contributed by atoms with Gasteiger partial charge >= 0.3 is 0 Å². The van der Waals surface area contributed by atoms with E-state index >= 15 is 0 Å². The summed E-state index contributed by atoms with van der Waals surface area (Å²) in [6, 6.07) is 5.85. The smallest absolute Gasteiger partial charge is 0.256 e. The minimum Gasteiger partial charge on any atom is -0.368 e. The van der Waals surface area contributed by atoms with Crippen molar-refractivity contribution >= 4 is 22.9 Å². The van der Waals surface area contributed by atoms with Crippen molar-refractivity contribution in [3.05, 3.63) is 58.8 Å². The first-order chi connectivity index (χ1) is 11.5. The standard InChI is InChI=1S/C18H21FN2O2S/c1-4-5-10-23-13(2)18(22)21(11-16-12-24-14(3)20-16)17-8-6-15(19)7-9-17/h4,6-9,12-13H,1,5,10-11H2,2-3H3. The number of carbonyl (C=O) groups is 1. The summed E-state index contributed by atoms with van der Waals surface area (Å²) in [6.07, 6.45) is 1.82. The third-order valence-electron chi connectivity index (χ3n) is 3.43. The quantitative estimate of drug-likeness (QED) is 0.533. The van der Waals surface area contributed by atoms with E-state index < -0.39 is 6.10 Å². The molecule has 0 aliphatic rings. The van der Waals surface area contributed by atoms with Crippen LogP contribution in [0.25, 0.3) is 0 Å². The van der Waals surface area contributed by atoms with Crippen LogP contribution in [0, 0.1) is 12.7 Å². The number of benzene rings is 1. The number of rotatable bonds is 8. The zero-order valence-corrected chi connectivity index (χ0v) is 14.7. The zero-order valence-electron chi connectivity index (χ0n) is 13.9. The van der Waals surface area contributed by atoms with Gasteiger partial charge in [-0.15, -0.1) is 17.9 Å². The Morgan fingerprint density at radius 2 is 2.17 bits per heavy atom. The van der Waals surface area contributed by atoms with Gasteiger partial charge in [0, 0.05) is 11.1 Å². The molecule has 1 aromatic carbocycles. The summed E-state index contributed by atoms with van der Waals surface area (Å²) in [5, 5.41) is 2.86. The Bertz CT molecular complexity index is 685. The highest BCUT2D eigenvalue weighted by molar-refractivity contribution is 7.09. The maximum Gasteiger partial charge on any atom is 0.256 e. The van der Waals surface area contributed by atoms with Crippen molar-refractivity contribution in [2.24, 2.45) is 0 Å². The van der Waals surface area contributed by atoms with Crippen LogP contribution < -0.4 is 4.90 Å². The zero-order chi connectivity index (χ0) is 17.5. The van der Waals surface area contributed by atoms with Crippen LogP contribution in [0.3, 0.4) is 0 Å². The molecule has 0 N–H and O–H groups in total. The predicted molar refractivity (Wildman–Crippen MR) is 94.7 cm³/mol. The first-order valence-corrected chi connectivity index (χ1v) is 8.59. The van der Waals surface area contributed by atoms with E-state index in [1.54, 1.807) is 30.0 Å². The summed E-state index contributed by atoms with van der Waals surface area (Å²) in [6.45, 7) is 8.02. The molecule has 24 heavy (non-hydrogen) atoms. The number of amides is 1. The van der Waals surface area contributed by atoms with Gasteiger partial charge in [-0.2, -0.15) is 0 Å². The van der Waals surface area contributed by atoms with Gasteiger partial charge in [0.05, 0.1) is 23.9 Å². The Balaban J connectivity index is 2.19. The third kappa shape index (κ3) is 4.97. The van der Waals surface area contributed by atoms with E-state index in [9.17, 15) is 9.18 Å². The second-order valence-corrected chi connectivity index (χ2v) is 6.41. The highest BCUT2D eigenvalue weighted by Crippen LogP contribution is 2.20. The van der Waals surface area contributed by atoms with Crippen LogP contribution in [0.5, 0.6) is 0 Å². The number of hydrogen-bond donors (Lipinski definition) is 0. The summed E-state index contributed by atoms with van der Waals surface area (Å²) >= 11 is 1.53. The monoisotopic (exact) mass is 348 g/mol. The molecule has 1 amide bonds. The Hall–Kier alpha value is -2.05. The summed E-state index contributed by atoms with van der Waals surface area (Å²) in [5.41, 5.74) is 1.42. The number of thiazole rings is 1. The van der Waals surface area contributed by atoms with E-state index in [1.165, 1.54) is 23.5 Å². The largest absolute Gasteiger partial charge is 0.368 e. The van der Waals surface area contributed by atoms with Gasteiger partial charge in [0.2, 0.25) is 0 Å². The molecule has 1 heterocycles. The number of aromatic nitrogens is 1. The molecule has 1 aromatic heterocycles. The van der Waals surface area contributed by atoms with Gasteiger partial charge in [-0.1, -0.05) is 6.08 Å². The lowest BCUT2D eigenvalue weighted by Crippen LogP contribution is -2.39. The molecule has 0 radical (unpaired) electrons. The first-order valence-electron chi connectivity index (χ1n) is 7.71. The van der Waals surface area contributed by atoms with Crippen molar-refractivity contribution in [1.29, 1.82) is 0 Å². The van der Waals surface area contributed by atoms with Crippen molar-refractivity contribution in [2.45, 2.75) is 32.9 Å². The van der Waals surface area contributed by atoms with Crippen LogP contribution in [0.1, 0.15) is 24.0 Å². The topological polar surface area (TPSA) is 42.4 Å². The Morgan fingerprint density at radius 3 is 2.75 bits per heavy atom. The van der Waals surface area contributed by atoms with E-state index in [0.717, 1.165) is 10.7 Å². The Labute approximate surface area is 145 Å². The van der Waals surface area contributed by atoms with Crippen LogP contribution in [-0.4, -0.2) is 23.6 Å². The minimum absolute atomic E-state index is 0.184. The third-order valence-corrected chi connectivity index (χ3v) is 4.25. The number of anilines is 1. The van der Waals surface area contributed by atoms with Gasteiger partial charge in [-0.3, -0.25) is 4.79 Å². The Morgan fingerprint density at radius 1 is 1.46 bits per heavy atom. The molecular formula is C18H21FN2O2S. The van der Waals surface area contributed by atoms with Gasteiger partial charge in [0.1, 0.15) is 11.9 Å². The number of nitrogens with zero attached hydrogens (tertiary/aromatic N) is 2.